The van der Waals surface area contributed by atoms with Crippen LogP contribution in [0.1, 0.15) is 26.6 Å². The van der Waals surface area contributed by atoms with Gasteiger partial charge in [-0.1, -0.05) is 13.8 Å². The first-order valence-electron chi connectivity index (χ1n) is 6.05. The van der Waals surface area contributed by atoms with Gasteiger partial charge in [0, 0.05) is 13.1 Å². The van der Waals surface area contributed by atoms with E-state index >= 15 is 0 Å². The van der Waals surface area contributed by atoms with Crippen molar-refractivity contribution in [2.75, 3.05) is 11.9 Å². The molecule has 2 heterocycles. The van der Waals surface area contributed by atoms with Crippen molar-refractivity contribution in [3.05, 3.63) is 12.0 Å². The molecule has 0 spiro atoms. The van der Waals surface area contributed by atoms with Gasteiger partial charge in [-0.2, -0.15) is 5.10 Å². The van der Waals surface area contributed by atoms with E-state index in [1.807, 2.05) is 17.8 Å². The highest BCUT2D eigenvalue weighted by atomic mass is 15.3. The topological polar surface area (TPSA) is 55.6 Å². The van der Waals surface area contributed by atoms with Gasteiger partial charge in [0.1, 0.15) is 11.6 Å². The summed E-state index contributed by atoms with van der Waals surface area (Å²) in [7, 11) is 0. The van der Waals surface area contributed by atoms with E-state index in [0.717, 1.165) is 35.8 Å². The van der Waals surface area contributed by atoms with Crippen molar-refractivity contribution < 1.29 is 0 Å². The van der Waals surface area contributed by atoms with E-state index in [-0.39, 0.29) is 0 Å². The molecule has 2 aromatic rings. The zero-order valence-electron chi connectivity index (χ0n) is 10.9. The van der Waals surface area contributed by atoms with Crippen molar-refractivity contribution >= 4 is 16.9 Å². The molecule has 0 amide bonds. The first-order valence-corrected chi connectivity index (χ1v) is 6.05. The summed E-state index contributed by atoms with van der Waals surface area (Å²) in [5, 5.41) is 8.65. The maximum absolute atomic E-state index is 4.48. The van der Waals surface area contributed by atoms with E-state index in [1.54, 1.807) is 0 Å². The molecule has 17 heavy (non-hydrogen) atoms. The Morgan fingerprint density at radius 2 is 2.12 bits per heavy atom. The van der Waals surface area contributed by atoms with Gasteiger partial charge in [-0.05, 0) is 19.8 Å². The zero-order valence-corrected chi connectivity index (χ0v) is 10.9. The molecule has 5 heteroatoms. The van der Waals surface area contributed by atoms with Crippen LogP contribution in [0.3, 0.4) is 0 Å². The number of nitrogens with one attached hydrogen (secondary N) is 1. The lowest BCUT2D eigenvalue weighted by Gasteiger charge is -2.08. The number of hydrogen-bond acceptors (Lipinski definition) is 4. The van der Waals surface area contributed by atoms with Gasteiger partial charge < -0.3 is 5.32 Å². The van der Waals surface area contributed by atoms with Gasteiger partial charge >= 0.3 is 0 Å². The molecule has 0 aliphatic rings. The van der Waals surface area contributed by atoms with Gasteiger partial charge in [-0.25, -0.2) is 14.6 Å². The van der Waals surface area contributed by atoms with Crippen molar-refractivity contribution in [1.82, 2.24) is 19.7 Å². The van der Waals surface area contributed by atoms with E-state index in [1.165, 1.54) is 0 Å². The SMILES string of the molecule is CCNc1nc(C)nc2c1cnn2CC(C)C. The second kappa shape index (κ2) is 4.69. The van der Waals surface area contributed by atoms with E-state index < -0.39 is 0 Å². The summed E-state index contributed by atoms with van der Waals surface area (Å²) in [6.07, 6.45) is 1.84. The molecule has 0 bridgehead atoms. The average Bonchev–Trinajstić information content (AvgIpc) is 2.61. The molecule has 2 rings (SSSR count). The third kappa shape index (κ3) is 2.38. The molecular formula is C12H19N5. The molecule has 0 atom stereocenters. The van der Waals surface area contributed by atoms with E-state index in [4.69, 9.17) is 0 Å². The summed E-state index contributed by atoms with van der Waals surface area (Å²) in [6, 6.07) is 0. The molecule has 0 unspecified atom stereocenters. The molecule has 0 aromatic carbocycles. The Kier molecular flexibility index (Phi) is 3.26. The Morgan fingerprint density at radius 1 is 1.35 bits per heavy atom. The standard InChI is InChI=1S/C12H19N5/c1-5-13-11-10-6-14-17(7-8(2)3)12(10)16-9(4)15-11/h6,8H,5,7H2,1-4H3,(H,13,15,16). The van der Waals surface area contributed by atoms with Crippen molar-refractivity contribution in [2.24, 2.45) is 5.92 Å². The number of anilines is 1. The summed E-state index contributed by atoms with van der Waals surface area (Å²) < 4.78 is 1.95. The van der Waals surface area contributed by atoms with E-state index in [0.29, 0.717) is 5.92 Å². The summed E-state index contributed by atoms with van der Waals surface area (Å²) in [4.78, 5) is 8.89. The van der Waals surface area contributed by atoms with Gasteiger partial charge in [-0.3, -0.25) is 0 Å². The third-order valence-electron chi connectivity index (χ3n) is 2.49. The van der Waals surface area contributed by atoms with Crippen LogP contribution in [0.5, 0.6) is 0 Å². The Hall–Kier alpha value is -1.65. The molecule has 0 aliphatic carbocycles. The molecule has 0 saturated heterocycles. The van der Waals surface area contributed by atoms with Crippen molar-refractivity contribution in [2.45, 2.75) is 34.2 Å². The largest absolute Gasteiger partial charge is 0.370 e. The summed E-state index contributed by atoms with van der Waals surface area (Å²) >= 11 is 0. The average molecular weight is 233 g/mol. The number of nitrogens with zero attached hydrogens (tertiary/aromatic N) is 4. The van der Waals surface area contributed by atoms with Crippen LogP contribution in [0.25, 0.3) is 11.0 Å². The first-order chi connectivity index (χ1) is 8.11. The molecule has 0 radical (unpaired) electrons. The molecule has 1 N–H and O–H groups in total. The lowest BCUT2D eigenvalue weighted by Crippen LogP contribution is -2.08. The van der Waals surface area contributed by atoms with Crippen LogP contribution in [-0.4, -0.2) is 26.3 Å². The maximum atomic E-state index is 4.48. The van der Waals surface area contributed by atoms with Crippen LogP contribution in [0, 0.1) is 12.8 Å². The molecular weight excluding hydrogens is 214 g/mol. The highest BCUT2D eigenvalue weighted by Crippen LogP contribution is 2.20. The summed E-state index contributed by atoms with van der Waals surface area (Å²) in [5.41, 5.74) is 0.919. The van der Waals surface area contributed by atoms with E-state index in [9.17, 15) is 0 Å². The molecule has 5 nitrogen and oxygen atoms in total. The second-order valence-corrected chi connectivity index (χ2v) is 4.61. The van der Waals surface area contributed by atoms with Gasteiger partial charge in [0.15, 0.2) is 5.65 Å². The van der Waals surface area contributed by atoms with Crippen LogP contribution in [-0.2, 0) is 6.54 Å². The summed E-state index contributed by atoms with van der Waals surface area (Å²) in [5.74, 6) is 2.21. The molecule has 0 fully saturated rings. The Balaban J connectivity index is 2.52. The minimum atomic E-state index is 0.552. The predicted octanol–water partition coefficient (Wildman–Crippen LogP) is 2.22. The smallest absolute Gasteiger partial charge is 0.163 e. The molecule has 0 saturated carbocycles. The normalized spacial score (nSPS) is 11.4. The van der Waals surface area contributed by atoms with Crippen LogP contribution in [0.2, 0.25) is 0 Å². The lowest BCUT2D eigenvalue weighted by molar-refractivity contribution is 0.492. The fraction of sp³-hybridized carbons (Fsp3) is 0.583. The third-order valence-corrected chi connectivity index (χ3v) is 2.49. The van der Waals surface area contributed by atoms with Crippen molar-refractivity contribution in [3.8, 4) is 0 Å². The first kappa shape index (κ1) is 11.8. The monoisotopic (exact) mass is 233 g/mol. The summed E-state index contributed by atoms with van der Waals surface area (Å²) in [6.45, 7) is 10.0. The van der Waals surface area contributed by atoms with E-state index in [2.05, 4.69) is 41.2 Å². The number of rotatable bonds is 4. The Bertz CT molecular complexity index is 515. The van der Waals surface area contributed by atoms with Gasteiger partial charge in [0.25, 0.3) is 0 Å². The fourth-order valence-electron chi connectivity index (χ4n) is 1.85. The maximum Gasteiger partial charge on any atom is 0.163 e. The van der Waals surface area contributed by atoms with Crippen LogP contribution < -0.4 is 5.32 Å². The lowest BCUT2D eigenvalue weighted by atomic mass is 10.2. The van der Waals surface area contributed by atoms with Gasteiger partial charge in [0.05, 0.1) is 11.6 Å². The minimum Gasteiger partial charge on any atom is -0.370 e. The van der Waals surface area contributed by atoms with Crippen LogP contribution in [0.4, 0.5) is 5.82 Å². The van der Waals surface area contributed by atoms with Crippen molar-refractivity contribution in [1.29, 1.82) is 0 Å². The number of aryl methyl sites for hydroxylation is 1. The number of hydrogen-bond donors (Lipinski definition) is 1. The number of fused-ring (bicyclic) bond motifs is 1. The second-order valence-electron chi connectivity index (χ2n) is 4.61. The highest BCUT2D eigenvalue weighted by molar-refractivity contribution is 5.86. The van der Waals surface area contributed by atoms with Crippen molar-refractivity contribution in [3.63, 3.8) is 0 Å². The van der Waals surface area contributed by atoms with Gasteiger partial charge in [0.2, 0.25) is 0 Å². The quantitative estimate of drug-likeness (QED) is 0.879. The zero-order chi connectivity index (χ0) is 12.4. The van der Waals surface area contributed by atoms with Crippen LogP contribution >= 0.6 is 0 Å². The molecule has 92 valence electrons. The Morgan fingerprint density at radius 3 is 2.76 bits per heavy atom. The molecule has 0 aliphatic heterocycles. The minimum absolute atomic E-state index is 0.552. The predicted molar refractivity (Wildman–Crippen MR) is 69.1 cm³/mol. The van der Waals surface area contributed by atoms with Crippen LogP contribution in [0.15, 0.2) is 6.20 Å². The Labute approximate surface area is 101 Å². The fourth-order valence-corrected chi connectivity index (χ4v) is 1.85. The molecule has 2 aromatic heterocycles. The highest BCUT2D eigenvalue weighted by Gasteiger charge is 2.11. The number of aromatic nitrogens is 4. The van der Waals surface area contributed by atoms with Gasteiger partial charge in [-0.15, -0.1) is 0 Å².